The first-order valence-corrected chi connectivity index (χ1v) is 8.79. The molecule has 0 saturated heterocycles. The second kappa shape index (κ2) is 6.31. The molecule has 1 aliphatic rings. The first-order valence-electron chi connectivity index (χ1n) is 7.80. The van der Waals surface area contributed by atoms with E-state index >= 15 is 0 Å². The molecule has 0 atom stereocenters. The first-order chi connectivity index (χ1) is 11.3. The third-order valence-corrected chi connectivity index (χ3v) is 5.25. The van der Waals surface area contributed by atoms with Gasteiger partial charge < -0.3 is 9.55 Å². The van der Waals surface area contributed by atoms with Crippen molar-refractivity contribution in [3.8, 4) is 0 Å². The number of rotatable bonds is 4. The minimum atomic E-state index is -4.41. The van der Waals surface area contributed by atoms with E-state index in [4.69, 9.17) is 0 Å². The van der Waals surface area contributed by atoms with Crippen LogP contribution in [0.5, 0.6) is 0 Å². The molecule has 1 N–H and O–H groups in total. The van der Waals surface area contributed by atoms with Crippen molar-refractivity contribution in [1.29, 1.82) is 0 Å². The van der Waals surface area contributed by atoms with Crippen LogP contribution in [0.1, 0.15) is 41.6 Å². The highest BCUT2D eigenvalue weighted by Crippen LogP contribution is 2.36. The minimum absolute atomic E-state index is 0.115. The fourth-order valence-corrected chi connectivity index (χ4v) is 4.03. The summed E-state index contributed by atoms with van der Waals surface area (Å²) >= 11 is 1.14. The van der Waals surface area contributed by atoms with E-state index in [1.807, 2.05) is 6.92 Å². The van der Waals surface area contributed by atoms with Crippen LogP contribution in [0.2, 0.25) is 0 Å². The molecule has 0 amide bonds. The minimum Gasteiger partial charge on any atom is -0.344 e. The van der Waals surface area contributed by atoms with Crippen LogP contribution < -0.4 is 5.56 Å². The Morgan fingerprint density at radius 3 is 2.79 bits per heavy atom. The number of hydrogen-bond donors (Lipinski definition) is 1. The number of aromatic amines is 1. The first kappa shape index (κ1) is 17.1. The number of thioether (sulfide) groups is 1. The van der Waals surface area contributed by atoms with Crippen LogP contribution in [0.3, 0.4) is 0 Å². The summed E-state index contributed by atoms with van der Waals surface area (Å²) in [4.78, 5) is 19.1. The molecule has 1 aliphatic carbocycles. The van der Waals surface area contributed by atoms with Gasteiger partial charge in [0.25, 0.3) is 5.56 Å². The highest BCUT2D eigenvalue weighted by atomic mass is 32.2. The lowest BCUT2D eigenvalue weighted by atomic mass is 10.2. The van der Waals surface area contributed by atoms with Gasteiger partial charge in [-0.1, -0.05) is 18.7 Å². The summed E-state index contributed by atoms with van der Waals surface area (Å²) in [5, 5.41) is 0.385. The van der Waals surface area contributed by atoms with E-state index in [1.54, 1.807) is 6.07 Å². The molecule has 0 aromatic carbocycles. The number of hydrogen-bond acceptors (Lipinski definition) is 3. The number of fused-ring (bicyclic) bond motifs is 1. The molecule has 24 heavy (non-hydrogen) atoms. The summed E-state index contributed by atoms with van der Waals surface area (Å²) in [6.07, 6.45) is -1.50. The Bertz CT molecular complexity index is 823. The third-order valence-electron chi connectivity index (χ3n) is 4.33. The molecule has 130 valence electrons. The number of alkyl halides is 3. The molecular weight excluding hydrogens is 339 g/mol. The van der Waals surface area contributed by atoms with Crippen LogP contribution in [0, 0.1) is 0 Å². The Balaban J connectivity index is 1.88. The maximum Gasteiger partial charge on any atom is 0.431 e. The second-order valence-corrected chi connectivity index (χ2v) is 6.82. The van der Waals surface area contributed by atoms with Gasteiger partial charge in [0.15, 0.2) is 5.16 Å². The predicted molar refractivity (Wildman–Crippen MR) is 86.2 cm³/mol. The Labute approximate surface area is 141 Å². The molecule has 2 aromatic heterocycles. The highest BCUT2D eigenvalue weighted by Gasteiger charge is 2.37. The predicted octanol–water partition coefficient (Wildman–Crippen LogP) is 3.47. The van der Waals surface area contributed by atoms with Crippen LogP contribution in [-0.2, 0) is 38.2 Å². The maximum absolute atomic E-state index is 13.3. The van der Waals surface area contributed by atoms with Crippen molar-refractivity contribution in [2.24, 2.45) is 7.05 Å². The number of nitrogens with zero attached hydrogens (tertiary/aromatic N) is 2. The summed E-state index contributed by atoms with van der Waals surface area (Å²) in [6.45, 7) is 1.83. The molecule has 2 aromatic rings. The molecule has 0 saturated carbocycles. The van der Waals surface area contributed by atoms with Crippen molar-refractivity contribution in [3.05, 3.63) is 44.6 Å². The van der Waals surface area contributed by atoms with Gasteiger partial charge in [-0.25, -0.2) is 4.98 Å². The lowest BCUT2D eigenvalue weighted by Crippen LogP contribution is -2.15. The lowest BCUT2D eigenvalue weighted by molar-refractivity contribution is -0.143. The molecule has 8 heteroatoms. The van der Waals surface area contributed by atoms with Gasteiger partial charge in [-0.2, -0.15) is 13.2 Å². The van der Waals surface area contributed by atoms with E-state index in [1.165, 1.54) is 11.6 Å². The number of aryl methyl sites for hydroxylation is 2. The van der Waals surface area contributed by atoms with E-state index in [2.05, 4.69) is 9.97 Å². The average molecular weight is 357 g/mol. The fraction of sp³-hybridized carbons (Fsp3) is 0.500. The third kappa shape index (κ3) is 3.11. The number of halogens is 3. The standard InChI is InChI=1S/C16H18F3N3OS/c1-3-10-7-9(13(22(10)2)16(17,18)19)8-24-15-20-12-6-4-5-11(12)14(23)21-15/h7H,3-6,8H2,1-2H3,(H,20,21,23). The molecule has 0 bridgehead atoms. The monoisotopic (exact) mass is 357 g/mol. The molecule has 0 fully saturated rings. The van der Waals surface area contributed by atoms with Crippen molar-refractivity contribution in [3.63, 3.8) is 0 Å². The van der Waals surface area contributed by atoms with Crippen molar-refractivity contribution < 1.29 is 13.2 Å². The Hall–Kier alpha value is -1.70. The molecule has 2 heterocycles. The summed E-state index contributed by atoms with van der Waals surface area (Å²) in [5.74, 6) is 0.115. The van der Waals surface area contributed by atoms with Crippen molar-refractivity contribution in [2.75, 3.05) is 0 Å². The molecule has 4 nitrogen and oxygen atoms in total. The smallest absolute Gasteiger partial charge is 0.344 e. The van der Waals surface area contributed by atoms with Gasteiger partial charge in [-0.3, -0.25) is 4.79 Å². The van der Waals surface area contributed by atoms with E-state index in [0.717, 1.165) is 36.7 Å². The van der Waals surface area contributed by atoms with Gasteiger partial charge in [0, 0.05) is 24.1 Å². The van der Waals surface area contributed by atoms with Gasteiger partial charge in [-0.15, -0.1) is 0 Å². The summed E-state index contributed by atoms with van der Waals surface area (Å²) in [6, 6.07) is 1.58. The second-order valence-electron chi connectivity index (χ2n) is 5.86. The normalized spacial score (nSPS) is 14.2. The van der Waals surface area contributed by atoms with Crippen LogP contribution >= 0.6 is 11.8 Å². The van der Waals surface area contributed by atoms with Crippen LogP contribution in [0.15, 0.2) is 16.0 Å². The van der Waals surface area contributed by atoms with Gasteiger partial charge >= 0.3 is 6.18 Å². The van der Waals surface area contributed by atoms with Gasteiger partial charge in [0.2, 0.25) is 0 Å². The van der Waals surface area contributed by atoms with Crippen LogP contribution in [0.25, 0.3) is 0 Å². The van der Waals surface area contributed by atoms with Crippen molar-refractivity contribution in [2.45, 2.75) is 49.7 Å². The van der Waals surface area contributed by atoms with E-state index in [-0.39, 0.29) is 16.9 Å². The maximum atomic E-state index is 13.3. The van der Waals surface area contributed by atoms with E-state index in [9.17, 15) is 18.0 Å². The van der Waals surface area contributed by atoms with E-state index in [0.29, 0.717) is 22.8 Å². The molecule has 0 unspecified atom stereocenters. The van der Waals surface area contributed by atoms with Crippen LogP contribution in [-0.4, -0.2) is 14.5 Å². The molecule has 0 aliphatic heterocycles. The largest absolute Gasteiger partial charge is 0.431 e. The summed E-state index contributed by atoms with van der Waals surface area (Å²) in [5.41, 5.74) is 1.54. The quantitative estimate of drug-likeness (QED) is 0.673. The van der Waals surface area contributed by atoms with Gasteiger partial charge in [0.05, 0.1) is 5.69 Å². The number of nitrogens with one attached hydrogen (secondary N) is 1. The topological polar surface area (TPSA) is 50.7 Å². The molecule has 3 rings (SSSR count). The Morgan fingerprint density at radius 2 is 2.12 bits per heavy atom. The fourth-order valence-electron chi connectivity index (χ4n) is 3.18. The van der Waals surface area contributed by atoms with E-state index < -0.39 is 11.9 Å². The highest BCUT2D eigenvalue weighted by molar-refractivity contribution is 7.98. The van der Waals surface area contributed by atoms with Gasteiger partial charge in [0.1, 0.15) is 5.69 Å². The van der Waals surface area contributed by atoms with Crippen LogP contribution in [0.4, 0.5) is 13.2 Å². The number of H-pyrrole nitrogens is 1. The average Bonchev–Trinajstić information content (AvgIpc) is 3.08. The van der Waals surface area contributed by atoms with Crippen molar-refractivity contribution in [1.82, 2.24) is 14.5 Å². The SMILES string of the molecule is CCc1cc(CSc2nc3c(c(=O)[nH]2)CCC3)c(C(F)(F)F)n1C. The van der Waals surface area contributed by atoms with Crippen molar-refractivity contribution >= 4 is 11.8 Å². The Morgan fingerprint density at radius 1 is 1.38 bits per heavy atom. The zero-order valence-corrected chi connectivity index (χ0v) is 14.3. The Kier molecular flexibility index (Phi) is 4.50. The molecular formula is C16H18F3N3OS. The summed E-state index contributed by atoms with van der Waals surface area (Å²) < 4.78 is 41.2. The molecule has 0 spiro atoms. The zero-order valence-electron chi connectivity index (χ0n) is 13.5. The zero-order chi connectivity index (χ0) is 17.5. The summed E-state index contributed by atoms with van der Waals surface area (Å²) in [7, 11) is 1.44. The lowest BCUT2D eigenvalue weighted by Gasteiger charge is -2.12. The molecule has 0 radical (unpaired) electrons. The number of aromatic nitrogens is 3. The van der Waals surface area contributed by atoms with Gasteiger partial charge in [-0.05, 0) is 37.3 Å².